The fourth-order valence-corrected chi connectivity index (χ4v) is 3.18. The minimum atomic E-state index is -0.675. The zero-order valence-electron chi connectivity index (χ0n) is 10.1. The van der Waals surface area contributed by atoms with Crippen molar-refractivity contribution in [3.63, 3.8) is 0 Å². The molecule has 1 aliphatic heterocycles. The first-order valence-corrected chi connectivity index (χ1v) is 7.73. The van der Waals surface area contributed by atoms with Crippen LogP contribution in [0.15, 0.2) is 0 Å². The Bertz CT molecular complexity index is 259. The number of carboxylic acid groups (broad SMARTS) is 1. The van der Waals surface area contributed by atoms with Gasteiger partial charge in [-0.25, -0.2) is 0 Å². The number of thioether (sulfide) groups is 1. The molecule has 0 radical (unpaired) electrons. The number of rotatable bonds is 9. The average molecular weight is 275 g/mol. The van der Waals surface area contributed by atoms with E-state index in [2.05, 4.69) is 5.32 Å². The summed E-state index contributed by atoms with van der Waals surface area (Å²) in [4.78, 5) is 10.3. The predicted molar refractivity (Wildman–Crippen MR) is 76.6 cm³/mol. The van der Waals surface area contributed by atoms with Crippen molar-refractivity contribution in [2.45, 2.75) is 57.4 Å². The van der Waals surface area contributed by atoms with Crippen LogP contribution in [-0.2, 0) is 4.79 Å². The lowest BCUT2D eigenvalue weighted by Crippen LogP contribution is -2.25. The molecule has 0 aromatic carbocycles. The lowest BCUT2D eigenvalue weighted by molar-refractivity contribution is -0.137. The molecule has 1 unspecified atom stereocenters. The van der Waals surface area contributed by atoms with E-state index in [-0.39, 0.29) is 0 Å². The van der Waals surface area contributed by atoms with Gasteiger partial charge in [0.05, 0.1) is 0 Å². The predicted octanol–water partition coefficient (Wildman–Crippen LogP) is 3.18. The van der Waals surface area contributed by atoms with Gasteiger partial charge in [0.15, 0.2) is 0 Å². The summed E-state index contributed by atoms with van der Waals surface area (Å²) in [5.74, 6) is 0.447. The number of carboxylic acids is 1. The van der Waals surface area contributed by atoms with Crippen LogP contribution in [0.2, 0.25) is 0 Å². The van der Waals surface area contributed by atoms with Gasteiger partial charge in [0.2, 0.25) is 0 Å². The number of nitrogens with one attached hydrogen (secondary N) is 1. The molecule has 0 aliphatic carbocycles. The molecule has 1 aliphatic rings. The summed E-state index contributed by atoms with van der Waals surface area (Å²) in [6.07, 6.45) is 8.30. The van der Waals surface area contributed by atoms with Crippen LogP contribution in [0.3, 0.4) is 0 Å². The van der Waals surface area contributed by atoms with Gasteiger partial charge in [0.1, 0.15) is 4.32 Å². The summed E-state index contributed by atoms with van der Waals surface area (Å²) in [6.45, 7) is 0. The fourth-order valence-electron chi connectivity index (χ4n) is 1.96. The Morgan fingerprint density at radius 1 is 1.29 bits per heavy atom. The minimum Gasteiger partial charge on any atom is -0.481 e. The lowest BCUT2D eigenvalue weighted by atomic mass is 10.1. The molecule has 0 spiro atoms. The second kappa shape index (κ2) is 8.75. The summed E-state index contributed by atoms with van der Waals surface area (Å²) in [5.41, 5.74) is 0. The van der Waals surface area contributed by atoms with Gasteiger partial charge in [-0.1, -0.05) is 56.1 Å². The normalized spacial score (nSPS) is 19.3. The quantitative estimate of drug-likeness (QED) is 0.500. The van der Waals surface area contributed by atoms with E-state index in [9.17, 15) is 4.79 Å². The van der Waals surface area contributed by atoms with E-state index >= 15 is 0 Å². The maximum atomic E-state index is 10.3. The van der Waals surface area contributed by atoms with Gasteiger partial charge in [0, 0.05) is 18.2 Å². The molecule has 2 N–H and O–H groups in total. The Morgan fingerprint density at radius 2 is 1.94 bits per heavy atom. The molecule has 0 aromatic rings. The number of aliphatic carboxylic acids is 1. The average Bonchev–Trinajstić information content (AvgIpc) is 2.68. The number of unbranched alkanes of at least 4 members (excludes halogenated alkanes) is 5. The van der Waals surface area contributed by atoms with Crippen molar-refractivity contribution in [1.29, 1.82) is 0 Å². The molecule has 17 heavy (non-hydrogen) atoms. The molecule has 1 saturated heterocycles. The Hall–Kier alpha value is -0.290. The van der Waals surface area contributed by atoms with Gasteiger partial charge in [-0.2, -0.15) is 0 Å². The summed E-state index contributed by atoms with van der Waals surface area (Å²) in [5, 5.41) is 11.8. The molecule has 0 saturated carbocycles. The topological polar surface area (TPSA) is 49.3 Å². The van der Waals surface area contributed by atoms with Gasteiger partial charge >= 0.3 is 5.97 Å². The standard InChI is InChI=1S/C12H21NO2S2/c14-11(15)8-6-4-2-1-3-5-7-10-9-17-12(16)13-10/h10H,1-9H2,(H,13,16)(H,14,15). The summed E-state index contributed by atoms with van der Waals surface area (Å²) >= 11 is 6.82. The van der Waals surface area contributed by atoms with E-state index in [0.717, 1.165) is 22.9 Å². The van der Waals surface area contributed by atoms with Crippen molar-refractivity contribution in [3.05, 3.63) is 0 Å². The molecule has 1 fully saturated rings. The van der Waals surface area contributed by atoms with E-state index in [4.69, 9.17) is 17.3 Å². The van der Waals surface area contributed by atoms with Crippen LogP contribution in [0.4, 0.5) is 0 Å². The van der Waals surface area contributed by atoms with E-state index in [1.165, 1.54) is 32.1 Å². The number of hydrogen-bond acceptors (Lipinski definition) is 3. The van der Waals surface area contributed by atoms with Gasteiger partial charge in [-0.15, -0.1) is 0 Å². The highest BCUT2D eigenvalue weighted by atomic mass is 32.2. The molecule has 0 amide bonds. The van der Waals surface area contributed by atoms with Crippen LogP contribution in [0.1, 0.15) is 51.4 Å². The third-order valence-corrected chi connectivity index (χ3v) is 4.35. The second-order valence-corrected chi connectivity index (χ2v) is 6.19. The largest absolute Gasteiger partial charge is 0.481 e. The number of hydrogen-bond donors (Lipinski definition) is 2. The SMILES string of the molecule is O=C(O)CCCCCCCCC1CSC(=S)N1. The zero-order chi connectivity index (χ0) is 12.5. The van der Waals surface area contributed by atoms with E-state index < -0.39 is 5.97 Å². The first kappa shape index (κ1) is 14.8. The van der Waals surface area contributed by atoms with Crippen LogP contribution in [0, 0.1) is 0 Å². The second-order valence-electron chi connectivity index (χ2n) is 4.49. The molecule has 1 atom stereocenters. The van der Waals surface area contributed by atoms with Crippen molar-refractivity contribution < 1.29 is 9.90 Å². The van der Waals surface area contributed by atoms with Crippen LogP contribution >= 0.6 is 24.0 Å². The lowest BCUT2D eigenvalue weighted by Gasteiger charge is -2.08. The Kier molecular flexibility index (Phi) is 7.60. The molecule has 5 heteroatoms. The number of thiocarbonyl (C=S) groups is 1. The van der Waals surface area contributed by atoms with Crippen molar-refractivity contribution in [1.82, 2.24) is 5.32 Å². The van der Waals surface area contributed by atoms with Gasteiger partial charge in [-0.3, -0.25) is 4.79 Å². The van der Waals surface area contributed by atoms with Gasteiger partial charge in [0.25, 0.3) is 0 Å². The first-order valence-electron chi connectivity index (χ1n) is 6.33. The highest BCUT2D eigenvalue weighted by molar-refractivity contribution is 8.23. The van der Waals surface area contributed by atoms with E-state index in [1.54, 1.807) is 11.8 Å². The van der Waals surface area contributed by atoms with Crippen LogP contribution < -0.4 is 5.32 Å². The molecule has 1 heterocycles. The summed E-state index contributed by atoms with van der Waals surface area (Å²) in [7, 11) is 0. The Morgan fingerprint density at radius 3 is 2.53 bits per heavy atom. The molecule has 98 valence electrons. The molecule has 1 rings (SSSR count). The van der Waals surface area contributed by atoms with Gasteiger partial charge in [-0.05, 0) is 12.8 Å². The van der Waals surface area contributed by atoms with Crippen molar-refractivity contribution in [2.75, 3.05) is 5.75 Å². The molecule has 0 bridgehead atoms. The van der Waals surface area contributed by atoms with Crippen LogP contribution in [0.25, 0.3) is 0 Å². The van der Waals surface area contributed by atoms with Crippen molar-refractivity contribution in [3.8, 4) is 0 Å². The highest BCUT2D eigenvalue weighted by Gasteiger charge is 2.17. The Labute approximate surface area is 113 Å². The summed E-state index contributed by atoms with van der Waals surface area (Å²) < 4.78 is 0.948. The van der Waals surface area contributed by atoms with Crippen LogP contribution in [0.5, 0.6) is 0 Å². The number of carbonyl (C=O) groups is 1. The van der Waals surface area contributed by atoms with E-state index in [0.29, 0.717) is 12.5 Å². The maximum Gasteiger partial charge on any atom is 0.303 e. The monoisotopic (exact) mass is 275 g/mol. The molecular weight excluding hydrogens is 254 g/mol. The minimum absolute atomic E-state index is 0.320. The molecular formula is C12H21NO2S2. The van der Waals surface area contributed by atoms with Crippen molar-refractivity contribution in [2.24, 2.45) is 0 Å². The van der Waals surface area contributed by atoms with Gasteiger partial charge < -0.3 is 10.4 Å². The summed E-state index contributed by atoms with van der Waals surface area (Å²) in [6, 6.07) is 0.583. The third-order valence-electron chi connectivity index (χ3n) is 2.93. The van der Waals surface area contributed by atoms with Crippen molar-refractivity contribution >= 4 is 34.3 Å². The molecule has 0 aromatic heterocycles. The smallest absolute Gasteiger partial charge is 0.303 e. The fraction of sp³-hybridized carbons (Fsp3) is 0.833. The molecule has 3 nitrogen and oxygen atoms in total. The zero-order valence-corrected chi connectivity index (χ0v) is 11.7. The van der Waals surface area contributed by atoms with E-state index in [1.807, 2.05) is 0 Å². The third kappa shape index (κ3) is 7.60. The Balaban J connectivity index is 1.81. The van der Waals surface area contributed by atoms with Crippen LogP contribution in [-0.4, -0.2) is 27.2 Å². The first-order chi connectivity index (χ1) is 8.18. The maximum absolute atomic E-state index is 10.3. The highest BCUT2D eigenvalue weighted by Crippen LogP contribution is 2.18.